The van der Waals surface area contributed by atoms with Gasteiger partial charge in [0.2, 0.25) is 0 Å². The van der Waals surface area contributed by atoms with Crippen molar-refractivity contribution in [3.63, 3.8) is 0 Å². The molecule has 0 unspecified atom stereocenters. The van der Waals surface area contributed by atoms with E-state index in [0.29, 0.717) is 18.7 Å². The average Bonchev–Trinajstić information content (AvgIpc) is 2.73. The summed E-state index contributed by atoms with van der Waals surface area (Å²) in [4.78, 5) is 30.7. The lowest BCUT2D eigenvalue weighted by Crippen LogP contribution is -2.44. The zero-order valence-electron chi connectivity index (χ0n) is 15.1. The number of nitrogens with zero attached hydrogens (tertiary/aromatic N) is 2. The summed E-state index contributed by atoms with van der Waals surface area (Å²) in [6.07, 6.45) is 1.06. The lowest BCUT2D eigenvalue weighted by atomic mass is 10.1. The van der Waals surface area contributed by atoms with E-state index in [1.165, 1.54) is 0 Å². The van der Waals surface area contributed by atoms with Gasteiger partial charge in [-0.3, -0.25) is 4.79 Å². The first kappa shape index (κ1) is 17.9. The first-order chi connectivity index (χ1) is 13.2. The number of fused-ring (bicyclic) bond motifs is 2. The minimum Gasteiger partial charge on any atom is -0.383 e. The molecule has 0 atom stereocenters. The van der Waals surface area contributed by atoms with E-state index in [9.17, 15) is 9.59 Å². The second kappa shape index (κ2) is 7.62. The third-order valence-electron chi connectivity index (χ3n) is 4.75. The number of carbonyl (C=O) groups is 2. The van der Waals surface area contributed by atoms with E-state index >= 15 is 0 Å². The Morgan fingerprint density at radius 1 is 1.19 bits per heavy atom. The lowest BCUT2D eigenvalue weighted by Gasteiger charge is -2.31. The van der Waals surface area contributed by atoms with Crippen molar-refractivity contribution in [3.05, 3.63) is 48.0 Å². The minimum atomic E-state index is -0.0764. The van der Waals surface area contributed by atoms with E-state index in [4.69, 9.17) is 4.74 Å². The molecule has 2 aromatic carbocycles. The number of carbonyl (C=O) groups excluding carboxylic acids is 2. The highest BCUT2D eigenvalue weighted by Crippen LogP contribution is 2.42. The van der Waals surface area contributed by atoms with Crippen molar-refractivity contribution in [2.75, 3.05) is 43.6 Å². The summed E-state index contributed by atoms with van der Waals surface area (Å²) in [5, 5.41) is 2.95. The summed E-state index contributed by atoms with van der Waals surface area (Å²) >= 11 is 1.55. The molecule has 0 aliphatic carbocycles. The van der Waals surface area contributed by atoms with Gasteiger partial charge in [0.15, 0.2) is 0 Å². The van der Waals surface area contributed by atoms with Gasteiger partial charge in [-0.25, -0.2) is 4.79 Å². The van der Waals surface area contributed by atoms with E-state index in [2.05, 4.69) is 5.32 Å². The third kappa shape index (κ3) is 3.52. The van der Waals surface area contributed by atoms with Crippen LogP contribution >= 0.6 is 11.8 Å². The Labute approximate surface area is 162 Å². The van der Waals surface area contributed by atoms with Crippen molar-refractivity contribution >= 4 is 35.1 Å². The third-order valence-corrected chi connectivity index (χ3v) is 5.87. The van der Waals surface area contributed by atoms with Crippen LogP contribution in [-0.2, 0) is 4.74 Å². The molecule has 1 fully saturated rings. The predicted octanol–water partition coefficient (Wildman–Crippen LogP) is 3.68. The van der Waals surface area contributed by atoms with Crippen LogP contribution in [0.2, 0.25) is 0 Å². The number of nitrogens with one attached hydrogen (secondary N) is 1. The number of benzene rings is 2. The fourth-order valence-corrected chi connectivity index (χ4v) is 4.25. The van der Waals surface area contributed by atoms with Crippen LogP contribution in [-0.4, -0.2) is 50.2 Å². The van der Waals surface area contributed by atoms with E-state index in [-0.39, 0.29) is 11.9 Å². The average molecular weight is 383 g/mol. The van der Waals surface area contributed by atoms with Gasteiger partial charge in [-0.05, 0) is 36.8 Å². The second-order valence-electron chi connectivity index (χ2n) is 6.50. The summed E-state index contributed by atoms with van der Waals surface area (Å²) in [5.74, 6) is -0.0359. The number of likely N-dealkylation sites (tertiary alicyclic amines) is 1. The van der Waals surface area contributed by atoms with Gasteiger partial charge in [-0.1, -0.05) is 23.9 Å². The quantitative estimate of drug-likeness (QED) is 0.875. The van der Waals surface area contributed by atoms with Gasteiger partial charge in [0, 0.05) is 42.2 Å². The fourth-order valence-electron chi connectivity index (χ4n) is 3.13. The molecule has 0 bridgehead atoms. The zero-order valence-corrected chi connectivity index (χ0v) is 15.9. The summed E-state index contributed by atoms with van der Waals surface area (Å²) in [7, 11) is 1.63. The highest BCUT2D eigenvalue weighted by molar-refractivity contribution is 7.99. The molecular weight excluding hydrogens is 362 g/mol. The van der Waals surface area contributed by atoms with Crippen molar-refractivity contribution in [1.82, 2.24) is 4.90 Å². The summed E-state index contributed by atoms with van der Waals surface area (Å²) < 4.78 is 5.20. The van der Waals surface area contributed by atoms with Crippen LogP contribution in [0.5, 0.6) is 0 Å². The van der Waals surface area contributed by atoms with Gasteiger partial charge in [-0.15, -0.1) is 0 Å². The van der Waals surface area contributed by atoms with Gasteiger partial charge in [0.05, 0.1) is 17.9 Å². The van der Waals surface area contributed by atoms with Gasteiger partial charge in [0.25, 0.3) is 5.91 Å². The van der Waals surface area contributed by atoms with Crippen LogP contribution in [0.4, 0.5) is 16.2 Å². The molecule has 6 nitrogen and oxygen atoms in total. The summed E-state index contributed by atoms with van der Waals surface area (Å²) in [6, 6.07) is 13.2. The SMILES string of the molecule is COCCN1C(=O)c2ccccc2Sc2cc(NC(=O)N3CCC3)ccc21. The summed E-state index contributed by atoms with van der Waals surface area (Å²) in [6.45, 7) is 2.53. The standard InChI is InChI=1S/C20H21N3O3S/c1-26-12-11-23-16-8-7-14(21-20(25)22-9-4-10-22)13-18(16)27-17-6-3-2-5-15(17)19(23)24/h2-3,5-8,13H,4,9-12H2,1H3,(H,21,25). The normalized spacial score (nSPS) is 15.5. The number of methoxy groups -OCH3 is 1. The lowest BCUT2D eigenvalue weighted by molar-refractivity contribution is 0.0973. The van der Waals surface area contributed by atoms with Crippen LogP contribution in [0.15, 0.2) is 52.3 Å². The molecule has 3 amide bonds. The van der Waals surface area contributed by atoms with Crippen LogP contribution in [0.1, 0.15) is 16.8 Å². The smallest absolute Gasteiger partial charge is 0.321 e. The number of hydrogen-bond donors (Lipinski definition) is 1. The molecule has 0 saturated carbocycles. The van der Waals surface area contributed by atoms with Gasteiger partial charge >= 0.3 is 6.03 Å². The number of hydrogen-bond acceptors (Lipinski definition) is 4. The van der Waals surface area contributed by atoms with Gasteiger partial charge in [-0.2, -0.15) is 0 Å². The molecule has 0 spiro atoms. The Bertz CT molecular complexity index is 883. The highest BCUT2D eigenvalue weighted by atomic mass is 32.2. The van der Waals surface area contributed by atoms with Crippen molar-refractivity contribution < 1.29 is 14.3 Å². The topological polar surface area (TPSA) is 61.9 Å². The molecule has 1 saturated heterocycles. The first-order valence-corrected chi connectivity index (χ1v) is 9.76. The van der Waals surface area contributed by atoms with Crippen molar-refractivity contribution in [2.45, 2.75) is 16.2 Å². The maximum Gasteiger partial charge on any atom is 0.321 e. The Morgan fingerprint density at radius 2 is 2.00 bits per heavy atom. The molecule has 0 radical (unpaired) electrons. The number of anilines is 2. The van der Waals surface area contributed by atoms with Gasteiger partial charge in [0.1, 0.15) is 0 Å². The van der Waals surface area contributed by atoms with Gasteiger partial charge < -0.3 is 19.9 Å². The first-order valence-electron chi connectivity index (χ1n) is 8.95. The molecule has 1 N–H and O–H groups in total. The Hall–Kier alpha value is -2.51. The van der Waals surface area contributed by atoms with E-state index in [1.807, 2.05) is 42.5 Å². The Kier molecular flexibility index (Phi) is 5.05. The number of urea groups is 1. The molecular formula is C20H21N3O3S. The highest BCUT2D eigenvalue weighted by Gasteiger charge is 2.27. The monoisotopic (exact) mass is 383 g/mol. The summed E-state index contributed by atoms with van der Waals surface area (Å²) in [5.41, 5.74) is 2.25. The largest absolute Gasteiger partial charge is 0.383 e. The Balaban J connectivity index is 1.69. The number of rotatable bonds is 4. The number of amides is 3. The number of ether oxygens (including phenoxy) is 1. The van der Waals surface area contributed by atoms with E-state index < -0.39 is 0 Å². The molecule has 2 heterocycles. The van der Waals surface area contributed by atoms with Crippen LogP contribution < -0.4 is 10.2 Å². The fraction of sp³-hybridized carbons (Fsp3) is 0.300. The molecule has 0 aromatic heterocycles. The maximum absolute atomic E-state index is 13.1. The molecule has 7 heteroatoms. The van der Waals surface area contributed by atoms with Crippen LogP contribution in [0.25, 0.3) is 0 Å². The van der Waals surface area contributed by atoms with E-state index in [0.717, 1.165) is 40.7 Å². The molecule has 2 aliphatic rings. The molecule has 4 rings (SSSR count). The van der Waals surface area contributed by atoms with E-state index in [1.54, 1.807) is 28.7 Å². The minimum absolute atomic E-state index is 0.0359. The maximum atomic E-state index is 13.1. The van der Waals surface area contributed by atoms with Crippen molar-refractivity contribution in [3.8, 4) is 0 Å². The second-order valence-corrected chi connectivity index (χ2v) is 7.58. The zero-order chi connectivity index (χ0) is 18.8. The molecule has 2 aromatic rings. The Morgan fingerprint density at radius 3 is 2.74 bits per heavy atom. The molecule has 140 valence electrons. The molecule has 2 aliphatic heterocycles. The predicted molar refractivity (Wildman–Crippen MR) is 106 cm³/mol. The van der Waals surface area contributed by atoms with Crippen molar-refractivity contribution in [2.24, 2.45) is 0 Å². The van der Waals surface area contributed by atoms with Crippen LogP contribution in [0.3, 0.4) is 0 Å². The van der Waals surface area contributed by atoms with Crippen LogP contribution in [0, 0.1) is 0 Å². The van der Waals surface area contributed by atoms with Crippen molar-refractivity contribution in [1.29, 1.82) is 0 Å². The molecule has 27 heavy (non-hydrogen) atoms.